The summed E-state index contributed by atoms with van der Waals surface area (Å²) in [4.78, 5) is 24.8. The third kappa shape index (κ3) is 3.21. The van der Waals surface area contributed by atoms with E-state index in [-0.39, 0.29) is 16.1 Å². The second-order valence-corrected chi connectivity index (χ2v) is 7.90. The molecule has 1 aliphatic heterocycles. The Hall–Kier alpha value is -2.95. The van der Waals surface area contributed by atoms with Crippen LogP contribution < -0.4 is 5.32 Å². The molecule has 148 valence electrons. The molecule has 0 saturated carbocycles. The lowest BCUT2D eigenvalue weighted by molar-refractivity contribution is -0.140. The Morgan fingerprint density at radius 3 is 2.43 bits per heavy atom. The van der Waals surface area contributed by atoms with Crippen molar-refractivity contribution >= 4 is 27.5 Å². The second kappa shape index (κ2) is 6.59. The number of benzene rings is 2. The fourth-order valence-corrected chi connectivity index (χ4v) is 4.19. The third-order valence-corrected chi connectivity index (χ3v) is 6.06. The summed E-state index contributed by atoms with van der Waals surface area (Å²) in [6, 6.07) is 7.15. The fourth-order valence-electron chi connectivity index (χ4n) is 2.82. The van der Waals surface area contributed by atoms with Crippen LogP contribution in [0, 0.1) is 5.82 Å². The van der Waals surface area contributed by atoms with Crippen molar-refractivity contribution in [2.75, 3.05) is 12.4 Å². The van der Waals surface area contributed by atoms with Crippen LogP contribution in [0.1, 0.15) is 17.0 Å². The van der Waals surface area contributed by atoms with Gasteiger partial charge in [0.1, 0.15) is 11.7 Å². The van der Waals surface area contributed by atoms with Crippen molar-refractivity contribution in [3.8, 4) is 0 Å². The predicted octanol–water partition coefficient (Wildman–Crippen LogP) is 2.73. The van der Waals surface area contributed by atoms with Crippen molar-refractivity contribution in [1.29, 1.82) is 0 Å². The van der Waals surface area contributed by atoms with E-state index in [1.807, 2.05) is 0 Å². The molecule has 1 N–H and O–H groups in total. The number of sulfonamides is 1. The zero-order chi connectivity index (χ0) is 20.9. The van der Waals surface area contributed by atoms with Gasteiger partial charge in [0.05, 0.1) is 10.5 Å². The van der Waals surface area contributed by atoms with Crippen LogP contribution in [0.15, 0.2) is 47.4 Å². The number of carbonyl (C=O) groups excluding carboxylic acids is 2. The first-order valence-corrected chi connectivity index (χ1v) is 9.18. The van der Waals surface area contributed by atoms with Crippen molar-refractivity contribution in [3.63, 3.8) is 0 Å². The average Bonchev–Trinajstić information content (AvgIpc) is 2.61. The summed E-state index contributed by atoms with van der Waals surface area (Å²) in [6.07, 6.45) is -4.98. The van der Waals surface area contributed by atoms with Crippen molar-refractivity contribution in [2.24, 2.45) is 0 Å². The zero-order valence-electron chi connectivity index (χ0n) is 14.1. The molecule has 0 bridgehead atoms. The first-order chi connectivity index (χ1) is 12.9. The molecule has 28 heavy (non-hydrogen) atoms. The molecule has 0 spiro atoms. The van der Waals surface area contributed by atoms with E-state index in [0.29, 0.717) is 16.4 Å². The number of rotatable bonds is 2. The molecule has 6 nitrogen and oxygen atoms in total. The molecular weight excluding hydrogens is 404 g/mol. The Labute approximate surface area is 156 Å². The monoisotopic (exact) mass is 416 g/mol. The normalized spacial score (nSPS) is 18.5. The predicted molar refractivity (Wildman–Crippen MR) is 89.2 cm³/mol. The van der Waals surface area contributed by atoms with Gasteiger partial charge in [-0.1, -0.05) is 18.2 Å². The molecule has 0 aliphatic carbocycles. The first-order valence-electron chi connectivity index (χ1n) is 7.74. The summed E-state index contributed by atoms with van der Waals surface area (Å²) < 4.78 is 77.0. The van der Waals surface area contributed by atoms with Gasteiger partial charge in [0.2, 0.25) is 5.91 Å². The molecule has 0 aromatic heterocycles. The Bertz CT molecular complexity index is 1080. The topological polar surface area (TPSA) is 83.6 Å². The van der Waals surface area contributed by atoms with Crippen molar-refractivity contribution in [2.45, 2.75) is 17.0 Å². The van der Waals surface area contributed by atoms with Gasteiger partial charge < -0.3 is 5.32 Å². The lowest BCUT2D eigenvalue weighted by Crippen LogP contribution is -2.45. The third-order valence-electron chi connectivity index (χ3n) is 4.23. The molecule has 0 fully saturated rings. The van der Waals surface area contributed by atoms with E-state index in [1.165, 1.54) is 24.3 Å². The van der Waals surface area contributed by atoms with Gasteiger partial charge in [-0.3, -0.25) is 9.59 Å². The van der Waals surface area contributed by atoms with Crippen LogP contribution in [0.4, 0.5) is 23.2 Å². The highest BCUT2D eigenvalue weighted by Crippen LogP contribution is 2.36. The van der Waals surface area contributed by atoms with Crippen LogP contribution in [0.3, 0.4) is 0 Å². The molecule has 1 aliphatic rings. The first kappa shape index (κ1) is 19.8. The molecule has 2 amide bonds. The highest BCUT2D eigenvalue weighted by Gasteiger charge is 2.44. The molecule has 2 aromatic carbocycles. The van der Waals surface area contributed by atoms with E-state index in [9.17, 15) is 35.6 Å². The average molecular weight is 416 g/mol. The maximum atomic E-state index is 13.4. The van der Waals surface area contributed by atoms with E-state index >= 15 is 0 Å². The number of halogens is 4. The van der Waals surface area contributed by atoms with E-state index in [4.69, 9.17) is 0 Å². The van der Waals surface area contributed by atoms with E-state index < -0.39 is 45.3 Å². The quantitative estimate of drug-likeness (QED) is 0.603. The minimum absolute atomic E-state index is 0.0961. The molecule has 2 aromatic rings. The molecular formula is C17H12F4N2O4S. The molecule has 0 radical (unpaired) electrons. The summed E-state index contributed by atoms with van der Waals surface area (Å²) in [6.45, 7) is 0. The van der Waals surface area contributed by atoms with Crippen LogP contribution in [-0.2, 0) is 25.8 Å². The lowest BCUT2D eigenvalue weighted by atomic mass is 9.96. The Morgan fingerprint density at radius 1 is 1.14 bits per heavy atom. The van der Waals surface area contributed by atoms with Crippen molar-refractivity contribution in [1.82, 2.24) is 4.31 Å². The standard InChI is InChI=1S/C17H12F4N2O4S/c1-23-16(25)14(10-4-2-3-5-13(10)28(23,26)27)15(24)22-9-6-7-12(18)11(8-9)17(19,20)21/h2-8,14H,1H3,(H,22,24). The highest BCUT2D eigenvalue weighted by atomic mass is 32.2. The van der Waals surface area contributed by atoms with Crippen LogP contribution in [0.25, 0.3) is 0 Å². The van der Waals surface area contributed by atoms with Crippen LogP contribution >= 0.6 is 0 Å². The van der Waals surface area contributed by atoms with E-state index in [2.05, 4.69) is 5.32 Å². The number of amides is 2. The maximum absolute atomic E-state index is 13.4. The molecule has 1 unspecified atom stereocenters. The summed E-state index contributed by atoms with van der Waals surface area (Å²) in [5.74, 6) is -5.21. The molecule has 11 heteroatoms. The van der Waals surface area contributed by atoms with Gasteiger partial charge in [-0.2, -0.15) is 13.2 Å². The van der Waals surface area contributed by atoms with E-state index in [0.717, 1.165) is 13.1 Å². The van der Waals surface area contributed by atoms with Gasteiger partial charge in [0.15, 0.2) is 0 Å². The van der Waals surface area contributed by atoms with Gasteiger partial charge >= 0.3 is 6.18 Å². The van der Waals surface area contributed by atoms with Gasteiger partial charge in [0.25, 0.3) is 15.9 Å². The Kier molecular flexibility index (Phi) is 4.66. The number of nitrogens with zero attached hydrogens (tertiary/aromatic N) is 1. The fraction of sp³-hybridized carbons (Fsp3) is 0.176. The summed E-state index contributed by atoms with van der Waals surface area (Å²) in [7, 11) is -3.16. The number of likely N-dealkylation sites (N-methyl/N-ethyl adjacent to an activating group) is 1. The summed E-state index contributed by atoms with van der Waals surface area (Å²) >= 11 is 0. The number of fused-ring (bicyclic) bond motifs is 1. The Morgan fingerprint density at radius 2 is 1.79 bits per heavy atom. The number of hydrogen-bond donors (Lipinski definition) is 1. The molecule has 3 rings (SSSR count). The highest BCUT2D eigenvalue weighted by molar-refractivity contribution is 7.89. The number of carbonyl (C=O) groups is 2. The van der Waals surface area contributed by atoms with Crippen molar-refractivity contribution in [3.05, 3.63) is 59.4 Å². The van der Waals surface area contributed by atoms with Gasteiger partial charge in [0, 0.05) is 12.7 Å². The van der Waals surface area contributed by atoms with E-state index in [1.54, 1.807) is 0 Å². The number of nitrogens with one attached hydrogen (secondary N) is 1. The SMILES string of the molecule is CN1C(=O)C(C(=O)Nc2ccc(F)c(C(F)(F)F)c2)c2ccccc2S1(=O)=O. The minimum atomic E-state index is -4.98. The number of alkyl halides is 3. The van der Waals surface area contributed by atoms with Crippen molar-refractivity contribution < 1.29 is 35.6 Å². The van der Waals surface area contributed by atoms with Crippen LogP contribution in [-0.4, -0.2) is 31.6 Å². The number of hydrogen-bond acceptors (Lipinski definition) is 4. The molecule has 0 saturated heterocycles. The van der Waals surface area contributed by atoms with Crippen LogP contribution in [0.5, 0.6) is 0 Å². The smallest absolute Gasteiger partial charge is 0.325 e. The van der Waals surface area contributed by atoms with Gasteiger partial charge in [-0.15, -0.1) is 0 Å². The zero-order valence-corrected chi connectivity index (χ0v) is 14.9. The summed E-state index contributed by atoms with van der Waals surface area (Å²) in [5.41, 5.74) is -2.07. The minimum Gasteiger partial charge on any atom is -0.325 e. The summed E-state index contributed by atoms with van der Waals surface area (Å²) in [5, 5.41) is 2.12. The van der Waals surface area contributed by atoms with Gasteiger partial charge in [-0.25, -0.2) is 17.1 Å². The van der Waals surface area contributed by atoms with Crippen LogP contribution in [0.2, 0.25) is 0 Å². The largest absolute Gasteiger partial charge is 0.419 e. The molecule has 1 heterocycles. The van der Waals surface area contributed by atoms with Gasteiger partial charge in [-0.05, 0) is 29.8 Å². The lowest BCUT2D eigenvalue weighted by Gasteiger charge is -2.30. The maximum Gasteiger partial charge on any atom is 0.419 e. The molecule has 1 atom stereocenters. The second-order valence-electron chi connectivity index (χ2n) is 5.96. The number of anilines is 1. The Balaban J connectivity index is 2.01.